The molecule has 0 aliphatic heterocycles. The van der Waals surface area contributed by atoms with Crippen molar-refractivity contribution >= 4 is 5.91 Å². The molecule has 2 N–H and O–H groups in total. The Bertz CT molecular complexity index is 433. The first kappa shape index (κ1) is 12.9. The van der Waals surface area contributed by atoms with Crippen LogP contribution in [0, 0.1) is 0 Å². The van der Waals surface area contributed by atoms with Crippen molar-refractivity contribution in [2.75, 3.05) is 0 Å². The van der Waals surface area contributed by atoms with Gasteiger partial charge in [0.1, 0.15) is 5.60 Å². The van der Waals surface area contributed by atoms with E-state index >= 15 is 0 Å². The zero-order valence-electron chi connectivity index (χ0n) is 9.70. The molecule has 1 aliphatic carbocycles. The molecule has 18 heavy (non-hydrogen) atoms. The van der Waals surface area contributed by atoms with Crippen LogP contribution < -0.4 is 5.32 Å². The number of carbonyl (C=O) groups is 1. The smallest absolute Gasteiger partial charge is 0.352 e. The summed E-state index contributed by atoms with van der Waals surface area (Å²) in [6, 6.07) is 5.01. The third-order valence-corrected chi connectivity index (χ3v) is 3.21. The Hall–Kier alpha value is -1.56. The second-order valence-electron chi connectivity index (χ2n) is 4.46. The van der Waals surface area contributed by atoms with Gasteiger partial charge in [0.2, 0.25) is 0 Å². The maximum absolute atomic E-state index is 13.7. The van der Waals surface area contributed by atoms with Crippen molar-refractivity contribution in [2.45, 2.75) is 37.3 Å². The molecule has 1 heterocycles. The number of rotatable bonds is 4. The van der Waals surface area contributed by atoms with Crippen LogP contribution in [0.4, 0.5) is 8.78 Å². The highest BCUT2D eigenvalue weighted by Crippen LogP contribution is 2.44. The Balaban J connectivity index is 1.95. The van der Waals surface area contributed by atoms with Crippen LogP contribution in [0.3, 0.4) is 0 Å². The van der Waals surface area contributed by atoms with Crippen molar-refractivity contribution in [3.8, 4) is 0 Å². The van der Waals surface area contributed by atoms with Crippen molar-refractivity contribution in [1.82, 2.24) is 10.3 Å². The van der Waals surface area contributed by atoms with Gasteiger partial charge in [-0.25, -0.2) is 0 Å². The molecule has 1 amide bonds. The first-order valence-electron chi connectivity index (χ1n) is 5.74. The molecule has 1 aromatic rings. The summed E-state index contributed by atoms with van der Waals surface area (Å²) < 4.78 is 27.3. The number of aliphatic hydroxyl groups is 1. The molecular formula is C12H14F2N2O2. The van der Waals surface area contributed by atoms with Crippen LogP contribution in [-0.2, 0) is 11.3 Å². The van der Waals surface area contributed by atoms with E-state index in [2.05, 4.69) is 10.3 Å². The van der Waals surface area contributed by atoms with Crippen molar-refractivity contribution in [3.63, 3.8) is 0 Å². The van der Waals surface area contributed by atoms with E-state index in [1.807, 2.05) is 0 Å². The summed E-state index contributed by atoms with van der Waals surface area (Å²) in [5, 5.41) is 11.7. The lowest BCUT2D eigenvalue weighted by molar-refractivity contribution is -0.216. The Morgan fingerprint density at radius 1 is 1.50 bits per heavy atom. The number of nitrogens with zero attached hydrogens (tertiary/aromatic N) is 1. The van der Waals surface area contributed by atoms with Crippen LogP contribution in [0.2, 0.25) is 0 Å². The summed E-state index contributed by atoms with van der Waals surface area (Å²) in [4.78, 5) is 15.3. The first-order chi connectivity index (χ1) is 8.46. The summed E-state index contributed by atoms with van der Waals surface area (Å²) in [5.74, 6) is -5.20. The number of pyridine rings is 1. The standard InChI is InChI=1S/C12H14F2N2O2/c13-12(14,11(18)5-3-6-11)10(17)16-8-9-4-1-2-7-15-9/h1-2,4,7,18H,3,5-6,8H2,(H,16,17). The van der Waals surface area contributed by atoms with Crippen LogP contribution in [0.5, 0.6) is 0 Å². The normalized spacial score (nSPS) is 17.9. The zero-order chi connectivity index (χ0) is 13.2. The number of hydrogen-bond donors (Lipinski definition) is 2. The van der Waals surface area contributed by atoms with E-state index in [9.17, 15) is 18.7 Å². The summed E-state index contributed by atoms with van der Waals surface area (Å²) in [5.41, 5.74) is -1.69. The monoisotopic (exact) mass is 256 g/mol. The summed E-state index contributed by atoms with van der Waals surface area (Å²) in [7, 11) is 0. The predicted octanol–water partition coefficient (Wildman–Crippen LogP) is 1.25. The third-order valence-electron chi connectivity index (χ3n) is 3.21. The molecule has 1 aliphatic rings. The fourth-order valence-corrected chi connectivity index (χ4v) is 1.82. The molecule has 1 fully saturated rings. The molecule has 6 heteroatoms. The molecule has 0 bridgehead atoms. The third kappa shape index (κ3) is 2.20. The number of nitrogens with one attached hydrogen (secondary N) is 1. The Morgan fingerprint density at radius 3 is 2.72 bits per heavy atom. The molecule has 98 valence electrons. The van der Waals surface area contributed by atoms with Crippen molar-refractivity contribution < 1.29 is 18.7 Å². The van der Waals surface area contributed by atoms with Crippen LogP contribution in [0.1, 0.15) is 25.0 Å². The van der Waals surface area contributed by atoms with Gasteiger partial charge < -0.3 is 10.4 Å². The zero-order valence-corrected chi connectivity index (χ0v) is 9.70. The van der Waals surface area contributed by atoms with Gasteiger partial charge >= 0.3 is 5.92 Å². The van der Waals surface area contributed by atoms with E-state index in [4.69, 9.17) is 0 Å². The Kier molecular flexibility index (Phi) is 3.30. The highest BCUT2D eigenvalue weighted by Gasteiger charge is 2.61. The molecule has 0 unspecified atom stereocenters. The number of amides is 1. The van der Waals surface area contributed by atoms with Crippen molar-refractivity contribution in [1.29, 1.82) is 0 Å². The number of aromatic nitrogens is 1. The molecule has 0 saturated heterocycles. The van der Waals surface area contributed by atoms with E-state index in [0.29, 0.717) is 12.1 Å². The number of carbonyl (C=O) groups excluding carboxylic acids is 1. The quantitative estimate of drug-likeness (QED) is 0.852. The maximum atomic E-state index is 13.7. The van der Waals surface area contributed by atoms with Crippen LogP contribution >= 0.6 is 0 Å². The van der Waals surface area contributed by atoms with Gasteiger partial charge in [0.15, 0.2) is 0 Å². The van der Waals surface area contributed by atoms with E-state index < -0.39 is 17.4 Å². The molecule has 4 nitrogen and oxygen atoms in total. The van der Waals surface area contributed by atoms with E-state index in [-0.39, 0.29) is 19.4 Å². The molecule has 1 aromatic heterocycles. The molecule has 0 aromatic carbocycles. The lowest BCUT2D eigenvalue weighted by atomic mass is 9.75. The van der Waals surface area contributed by atoms with Crippen LogP contribution in [-0.4, -0.2) is 27.5 Å². The minimum absolute atomic E-state index is 0.0446. The minimum atomic E-state index is -3.75. The summed E-state index contributed by atoms with van der Waals surface area (Å²) >= 11 is 0. The molecule has 2 rings (SSSR count). The molecular weight excluding hydrogens is 242 g/mol. The molecule has 0 atom stereocenters. The molecule has 0 radical (unpaired) electrons. The van der Waals surface area contributed by atoms with E-state index in [1.165, 1.54) is 6.20 Å². The van der Waals surface area contributed by atoms with Crippen molar-refractivity contribution in [3.05, 3.63) is 30.1 Å². The molecule has 1 saturated carbocycles. The van der Waals surface area contributed by atoms with E-state index in [1.54, 1.807) is 18.2 Å². The van der Waals surface area contributed by atoms with Crippen LogP contribution in [0.15, 0.2) is 24.4 Å². The first-order valence-corrected chi connectivity index (χ1v) is 5.74. The fraction of sp³-hybridized carbons (Fsp3) is 0.500. The van der Waals surface area contributed by atoms with Gasteiger partial charge in [0.05, 0.1) is 12.2 Å². The summed E-state index contributed by atoms with van der Waals surface area (Å²) in [6.07, 6.45) is 1.94. The van der Waals surface area contributed by atoms with Gasteiger partial charge in [-0.1, -0.05) is 6.07 Å². The fourth-order valence-electron chi connectivity index (χ4n) is 1.82. The van der Waals surface area contributed by atoms with Gasteiger partial charge in [-0.05, 0) is 31.4 Å². The second kappa shape index (κ2) is 4.61. The van der Waals surface area contributed by atoms with Crippen molar-refractivity contribution in [2.24, 2.45) is 0 Å². The van der Waals surface area contributed by atoms with Gasteiger partial charge in [-0.2, -0.15) is 8.78 Å². The largest absolute Gasteiger partial charge is 0.383 e. The van der Waals surface area contributed by atoms with Gasteiger partial charge in [-0.15, -0.1) is 0 Å². The lowest BCUT2D eigenvalue weighted by Crippen LogP contribution is -2.60. The predicted molar refractivity (Wildman–Crippen MR) is 59.8 cm³/mol. The maximum Gasteiger partial charge on any atom is 0.352 e. The van der Waals surface area contributed by atoms with Crippen LogP contribution in [0.25, 0.3) is 0 Å². The summed E-state index contributed by atoms with van der Waals surface area (Å²) in [6.45, 7) is -0.0780. The highest BCUT2D eigenvalue weighted by atomic mass is 19.3. The topological polar surface area (TPSA) is 62.2 Å². The lowest BCUT2D eigenvalue weighted by Gasteiger charge is -2.41. The average Bonchev–Trinajstić information content (AvgIpc) is 2.34. The molecule has 0 spiro atoms. The average molecular weight is 256 g/mol. The minimum Gasteiger partial charge on any atom is -0.383 e. The highest BCUT2D eigenvalue weighted by molar-refractivity contribution is 5.85. The Morgan fingerprint density at radius 2 is 2.22 bits per heavy atom. The van der Waals surface area contributed by atoms with Gasteiger partial charge in [-0.3, -0.25) is 9.78 Å². The number of halogens is 2. The van der Waals surface area contributed by atoms with Gasteiger partial charge in [0, 0.05) is 6.20 Å². The number of hydrogen-bond acceptors (Lipinski definition) is 3. The van der Waals surface area contributed by atoms with Gasteiger partial charge in [0.25, 0.3) is 5.91 Å². The second-order valence-corrected chi connectivity index (χ2v) is 4.46. The van der Waals surface area contributed by atoms with E-state index in [0.717, 1.165) is 0 Å². The SMILES string of the molecule is O=C(NCc1ccccn1)C(F)(F)C1(O)CCC1. The number of alkyl halides is 2. The Labute approximate surface area is 103 Å².